The fraction of sp³-hybridized carbons (Fsp3) is 0.583. The van der Waals surface area contributed by atoms with Crippen LogP contribution in [0.25, 0.3) is 0 Å². The van der Waals surface area contributed by atoms with Crippen LogP contribution in [-0.4, -0.2) is 68.3 Å². The molecular weight excluding hydrogens is 464 g/mol. The highest BCUT2D eigenvalue weighted by Gasteiger charge is 2.37. The van der Waals surface area contributed by atoms with E-state index in [1.54, 1.807) is 6.07 Å². The Morgan fingerprint density at radius 3 is 2.14 bits per heavy atom. The zero-order chi connectivity index (χ0) is 25.5. The van der Waals surface area contributed by atoms with Gasteiger partial charge in [0, 0.05) is 45.6 Å². The Kier molecular flexibility index (Phi) is 9.05. The van der Waals surface area contributed by atoms with Gasteiger partial charge < -0.3 is 33.2 Å². The molecule has 2 saturated heterocycles. The summed E-state index contributed by atoms with van der Waals surface area (Å²) in [5, 5.41) is 0. The maximum Gasteiger partial charge on any atom is 0.335 e. The number of rotatable bonds is 8. The van der Waals surface area contributed by atoms with Crippen molar-refractivity contribution in [1.29, 1.82) is 0 Å². The molecule has 11 heteroatoms. The summed E-state index contributed by atoms with van der Waals surface area (Å²) >= 11 is 0. The second-order valence-corrected chi connectivity index (χ2v) is 8.41. The van der Waals surface area contributed by atoms with Crippen molar-refractivity contribution in [2.45, 2.75) is 83.5 Å². The first-order chi connectivity index (χ1) is 16.7. The Hall–Kier alpha value is -3.18. The van der Waals surface area contributed by atoms with Gasteiger partial charge in [-0.2, -0.15) is 0 Å². The molecule has 11 nitrogen and oxygen atoms in total. The molecule has 0 amide bonds. The highest BCUT2D eigenvalue weighted by Crippen LogP contribution is 2.31. The van der Waals surface area contributed by atoms with E-state index < -0.39 is 42.7 Å². The number of ether oxygens (including phenoxy) is 7. The minimum Gasteiger partial charge on any atom is -0.467 e. The van der Waals surface area contributed by atoms with E-state index in [9.17, 15) is 19.2 Å². The number of benzene rings is 1. The monoisotopic (exact) mass is 494 g/mol. The fourth-order valence-corrected chi connectivity index (χ4v) is 4.07. The molecule has 1 aromatic rings. The molecule has 6 atom stereocenters. The third kappa shape index (κ3) is 7.66. The van der Waals surface area contributed by atoms with E-state index in [-0.39, 0.29) is 36.4 Å². The van der Waals surface area contributed by atoms with E-state index in [1.807, 2.05) is 6.92 Å². The molecule has 0 aliphatic carbocycles. The van der Waals surface area contributed by atoms with Crippen LogP contribution in [0.1, 0.15) is 56.8 Å². The Labute approximate surface area is 202 Å². The quantitative estimate of drug-likeness (QED) is 0.299. The summed E-state index contributed by atoms with van der Waals surface area (Å²) in [5.41, 5.74) is 0.262. The lowest BCUT2D eigenvalue weighted by Crippen LogP contribution is -2.44. The molecule has 0 bridgehead atoms. The molecule has 35 heavy (non-hydrogen) atoms. The van der Waals surface area contributed by atoms with Crippen LogP contribution in [0.2, 0.25) is 0 Å². The normalized spacial score (nSPS) is 28.3. The van der Waals surface area contributed by atoms with Gasteiger partial charge in [-0.15, -0.1) is 0 Å². The Morgan fingerprint density at radius 2 is 1.54 bits per heavy atom. The van der Waals surface area contributed by atoms with Gasteiger partial charge in [-0.25, -0.2) is 4.79 Å². The summed E-state index contributed by atoms with van der Waals surface area (Å²) < 4.78 is 38.6. The molecule has 0 aromatic heterocycles. The first-order valence-corrected chi connectivity index (χ1v) is 11.3. The molecule has 2 aliphatic rings. The third-order valence-corrected chi connectivity index (χ3v) is 5.45. The fourth-order valence-electron chi connectivity index (χ4n) is 4.07. The van der Waals surface area contributed by atoms with Crippen LogP contribution in [0.15, 0.2) is 18.2 Å². The first kappa shape index (κ1) is 26.4. The summed E-state index contributed by atoms with van der Waals surface area (Å²) in [6, 6.07) is 4.56. The van der Waals surface area contributed by atoms with Crippen molar-refractivity contribution in [2.24, 2.45) is 0 Å². The summed E-state index contributed by atoms with van der Waals surface area (Å²) in [6.07, 6.45) is -2.04. The molecule has 2 fully saturated rings. The lowest BCUT2D eigenvalue weighted by molar-refractivity contribution is -0.204. The second kappa shape index (κ2) is 12.0. The van der Waals surface area contributed by atoms with Gasteiger partial charge >= 0.3 is 17.9 Å². The first-order valence-electron chi connectivity index (χ1n) is 11.3. The van der Waals surface area contributed by atoms with Crippen LogP contribution in [0.3, 0.4) is 0 Å². The molecule has 1 aromatic carbocycles. The summed E-state index contributed by atoms with van der Waals surface area (Å²) in [7, 11) is 1.24. The summed E-state index contributed by atoms with van der Waals surface area (Å²) in [6.45, 7) is 4.45. The van der Waals surface area contributed by atoms with Crippen LogP contribution in [-0.2, 0) is 38.1 Å². The van der Waals surface area contributed by atoms with E-state index in [1.165, 1.54) is 33.1 Å². The number of hydrogen-bond donors (Lipinski definition) is 0. The van der Waals surface area contributed by atoms with Gasteiger partial charge in [0.1, 0.15) is 23.7 Å². The van der Waals surface area contributed by atoms with Crippen molar-refractivity contribution in [3.05, 3.63) is 23.8 Å². The molecule has 0 N–H and O–H groups in total. The zero-order valence-corrected chi connectivity index (χ0v) is 20.1. The Bertz CT molecular complexity index is 930. The van der Waals surface area contributed by atoms with Gasteiger partial charge in [-0.3, -0.25) is 14.4 Å². The number of hydrogen-bond acceptors (Lipinski definition) is 11. The highest BCUT2D eigenvalue weighted by atomic mass is 16.7. The van der Waals surface area contributed by atoms with E-state index >= 15 is 0 Å². The molecule has 192 valence electrons. The summed E-state index contributed by atoms with van der Waals surface area (Å²) in [5.74, 6) is -0.990. The Balaban J connectivity index is 1.73. The predicted molar refractivity (Wildman–Crippen MR) is 118 cm³/mol. The van der Waals surface area contributed by atoms with Gasteiger partial charge in [0.25, 0.3) is 0 Å². The zero-order valence-electron chi connectivity index (χ0n) is 20.1. The standard InChI is InChI=1S/C24H30O11/c1-13-7-18(31-14(2)26)10-22(30-13)34-20-8-17(6-5-16(20)12-25)33-23-11-19(32-15(3)27)9-21(35-23)24(28)29-4/h5-6,8,12-13,18-19,21-23H,7,9-11H2,1-4H3. The second-order valence-electron chi connectivity index (χ2n) is 8.41. The number of carbonyl (C=O) groups excluding carboxylic acids is 4. The molecule has 0 spiro atoms. The highest BCUT2D eigenvalue weighted by molar-refractivity contribution is 5.79. The average Bonchev–Trinajstić information content (AvgIpc) is 2.77. The number of esters is 3. The topological polar surface area (TPSA) is 133 Å². The van der Waals surface area contributed by atoms with Crippen molar-refractivity contribution in [3.8, 4) is 11.5 Å². The maximum absolute atomic E-state index is 12.0. The maximum atomic E-state index is 12.0. The minimum atomic E-state index is -0.969. The van der Waals surface area contributed by atoms with Crippen LogP contribution in [0, 0.1) is 0 Å². The van der Waals surface area contributed by atoms with Crippen LogP contribution >= 0.6 is 0 Å². The van der Waals surface area contributed by atoms with E-state index in [0.29, 0.717) is 24.9 Å². The van der Waals surface area contributed by atoms with Crippen molar-refractivity contribution < 1.29 is 52.3 Å². The van der Waals surface area contributed by atoms with Crippen molar-refractivity contribution >= 4 is 24.2 Å². The SMILES string of the molecule is COC(=O)C1CC(OC(C)=O)CC(Oc2ccc(C=O)c(OC3CC(OC(C)=O)CC(C)O3)c2)O1. The van der Waals surface area contributed by atoms with Crippen molar-refractivity contribution in [2.75, 3.05) is 7.11 Å². The van der Waals surface area contributed by atoms with E-state index in [0.717, 1.165) is 0 Å². The van der Waals surface area contributed by atoms with Crippen LogP contribution in [0.5, 0.6) is 11.5 Å². The minimum absolute atomic E-state index is 0.144. The van der Waals surface area contributed by atoms with Crippen LogP contribution < -0.4 is 9.47 Å². The van der Waals surface area contributed by atoms with Gasteiger partial charge in [0.2, 0.25) is 12.6 Å². The lowest BCUT2D eigenvalue weighted by Gasteiger charge is -2.34. The number of methoxy groups -OCH3 is 1. The van der Waals surface area contributed by atoms with E-state index in [4.69, 9.17) is 33.2 Å². The van der Waals surface area contributed by atoms with Gasteiger partial charge in [-0.05, 0) is 19.1 Å². The average molecular weight is 494 g/mol. The molecule has 0 saturated carbocycles. The molecule has 0 radical (unpaired) electrons. The molecule has 2 heterocycles. The van der Waals surface area contributed by atoms with Gasteiger partial charge in [-0.1, -0.05) is 0 Å². The summed E-state index contributed by atoms with van der Waals surface area (Å²) in [4.78, 5) is 46.4. The molecule has 3 rings (SSSR count). The van der Waals surface area contributed by atoms with Gasteiger partial charge in [0.05, 0.1) is 18.8 Å². The van der Waals surface area contributed by atoms with Crippen molar-refractivity contribution in [3.63, 3.8) is 0 Å². The molecular formula is C24H30O11. The van der Waals surface area contributed by atoms with Crippen LogP contribution in [0.4, 0.5) is 0 Å². The van der Waals surface area contributed by atoms with E-state index in [2.05, 4.69) is 0 Å². The largest absolute Gasteiger partial charge is 0.467 e. The lowest BCUT2D eigenvalue weighted by atomic mass is 10.0. The smallest absolute Gasteiger partial charge is 0.335 e. The molecule has 6 unspecified atom stereocenters. The van der Waals surface area contributed by atoms with Crippen molar-refractivity contribution in [1.82, 2.24) is 0 Å². The number of carbonyl (C=O) groups is 4. The Morgan fingerprint density at radius 1 is 0.914 bits per heavy atom. The third-order valence-electron chi connectivity index (χ3n) is 5.45. The predicted octanol–water partition coefficient (Wildman–Crippen LogP) is 2.32. The number of aldehydes is 1. The molecule has 2 aliphatic heterocycles. The van der Waals surface area contributed by atoms with Gasteiger partial charge in [0.15, 0.2) is 12.4 Å².